The molecule has 7 nitrogen and oxygen atoms in total. The summed E-state index contributed by atoms with van der Waals surface area (Å²) in [6.07, 6.45) is -4.36. The molecule has 2 atom stereocenters. The predicted octanol–water partition coefficient (Wildman–Crippen LogP) is 1.47. The van der Waals surface area contributed by atoms with Gasteiger partial charge in [-0.05, 0) is 17.7 Å². The van der Waals surface area contributed by atoms with Crippen molar-refractivity contribution in [1.29, 1.82) is 0 Å². The number of sulfone groups is 1. The second kappa shape index (κ2) is 6.57. The van der Waals surface area contributed by atoms with Crippen molar-refractivity contribution >= 4 is 25.9 Å². The van der Waals surface area contributed by atoms with Crippen LogP contribution in [0.1, 0.15) is 11.7 Å². The van der Waals surface area contributed by atoms with E-state index in [1.165, 1.54) is 24.3 Å². The summed E-state index contributed by atoms with van der Waals surface area (Å²) in [7, 11) is -7.36. The summed E-state index contributed by atoms with van der Waals surface area (Å²) in [5, 5.41) is 0. The van der Waals surface area contributed by atoms with Gasteiger partial charge in [-0.15, -0.1) is 0 Å². The number of hydrogen-bond donors (Lipinski definition) is 0. The Morgan fingerprint density at radius 2 is 1.68 bits per heavy atom. The number of rotatable bonds is 5. The Hall–Kier alpha value is -1.66. The van der Waals surface area contributed by atoms with Gasteiger partial charge < -0.3 is 4.74 Å². The summed E-state index contributed by atoms with van der Waals surface area (Å²) < 4.78 is 92.8. The van der Waals surface area contributed by atoms with Crippen LogP contribution in [0.5, 0.6) is 0 Å². The Bertz CT molecular complexity index is 875. The molecule has 0 bridgehead atoms. The second-order valence-electron chi connectivity index (χ2n) is 5.37. The highest BCUT2D eigenvalue weighted by Crippen LogP contribution is 2.35. The van der Waals surface area contributed by atoms with Crippen LogP contribution in [0.25, 0.3) is 0 Å². The molecule has 0 N–H and O–H groups in total. The zero-order valence-electron chi connectivity index (χ0n) is 13.0. The van der Waals surface area contributed by atoms with Gasteiger partial charge in [0.05, 0.1) is 17.8 Å². The minimum atomic E-state index is -4.84. The third-order valence-corrected chi connectivity index (χ3v) is 4.90. The fourth-order valence-electron chi connectivity index (χ4n) is 2.10. The van der Waals surface area contributed by atoms with Gasteiger partial charge in [-0.2, -0.15) is 21.6 Å². The molecule has 12 heteroatoms. The summed E-state index contributed by atoms with van der Waals surface area (Å²) in [6, 6.07) is 3.74. The molecule has 1 aliphatic heterocycles. The summed E-state index contributed by atoms with van der Waals surface area (Å²) >= 11 is 0. The summed E-state index contributed by atoms with van der Waals surface area (Å²) in [5.74, 6) is -1.49. The molecule has 2 rings (SSSR count). The third kappa shape index (κ3) is 5.16. The van der Waals surface area contributed by atoms with Crippen LogP contribution in [0.15, 0.2) is 34.2 Å². The fraction of sp³-hybridized carbons (Fsp3) is 0.462. The van der Waals surface area contributed by atoms with E-state index >= 15 is 0 Å². The molecule has 1 aromatic carbocycles. The normalized spacial score (nSPS) is 21.7. The average molecular weight is 401 g/mol. The van der Waals surface area contributed by atoms with Gasteiger partial charge in [0.1, 0.15) is 6.04 Å². The molecule has 25 heavy (non-hydrogen) atoms. The molecule has 1 aromatic rings. The number of aliphatic imine (C=N–C) groups is 1. The first-order chi connectivity index (χ1) is 11.3. The number of hydrogen-bond acceptors (Lipinski definition) is 7. The van der Waals surface area contributed by atoms with E-state index in [0.29, 0.717) is 0 Å². The van der Waals surface area contributed by atoms with Crippen LogP contribution in [0.3, 0.4) is 0 Å². The van der Waals surface area contributed by atoms with E-state index in [-0.39, 0.29) is 10.5 Å². The van der Waals surface area contributed by atoms with Crippen molar-refractivity contribution in [2.75, 3.05) is 19.1 Å². The van der Waals surface area contributed by atoms with Crippen molar-refractivity contribution in [2.24, 2.45) is 4.99 Å². The zero-order valence-corrected chi connectivity index (χ0v) is 14.7. The molecule has 2 unspecified atom stereocenters. The first-order valence-electron chi connectivity index (χ1n) is 6.73. The Morgan fingerprint density at radius 1 is 1.12 bits per heavy atom. The van der Waals surface area contributed by atoms with Gasteiger partial charge in [0.2, 0.25) is 0 Å². The maximum Gasteiger partial charge on any atom is 0.468 e. The maximum absolute atomic E-state index is 12.8. The Morgan fingerprint density at radius 3 is 2.12 bits per heavy atom. The monoisotopic (exact) mass is 401 g/mol. The SMILES string of the molecule is CS(=O)(=O)OCC1N=C(C(F)(F)F)OC1c1ccc(S(C)(=O)=O)cc1. The zero-order chi connectivity index (χ0) is 19.0. The molecule has 0 aromatic heterocycles. The molecule has 1 aliphatic rings. The van der Waals surface area contributed by atoms with Gasteiger partial charge in [0, 0.05) is 6.26 Å². The molecule has 0 radical (unpaired) electrons. The number of nitrogens with zero attached hydrogens (tertiary/aromatic N) is 1. The van der Waals surface area contributed by atoms with Gasteiger partial charge in [0.15, 0.2) is 15.9 Å². The Kier molecular flexibility index (Phi) is 5.17. The minimum absolute atomic E-state index is 0.0184. The molecular formula is C13H14F3NO6S2. The number of benzene rings is 1. The lowest BCUT2D eigenvalue weighted by Crippen LogP contribution is -2.24. The van der Waals surface area contributed by atoms with Crippen molar-refractivity contribution < 1.29 is 38.9 Å². The average Bonchev–Trinajstić information content (AvgIpc) is 2.88. The molecule has 0 saturated heterocycles. The Labute approximate surface area is 142 Å². The van der Waals surface area contributed by atoms with Crippen molar-refractivity contribution in [1.82, 2.24) is 0 Å². The minimum Gasteiger partial charge on any atom is -0.464 e. The van der Waals surface area contributed by atoms with Crippen molar-refractivity contribution in [2.45, 2.75) is 23.2 Å². The highest BCUT2D eigenvalue weighted by Gasteiger charge is 2.46. The van der Waals surface area contributed by atoms with Crippen LogP contribution < -0.4 is 0 Å². The van der Waals surface area contributed by atoms with E-state index in [0.717, 1.165) is 12.5 Å². The van der Waals surface area contributed by atoms with Gasteiger partial charge in [-0.3, -0.25) is 4.18 Å². The second-order valence-corrected chi connectivity index (χ2v) is 9.03. The van der Waals surface area contributed by atoms with E-state index < -0.39 is 50.8 Å². The number of ether oxygens (including phenoxy) is 1. The van der Waals surface area contributed by atoms with Gasteiger partial charge in [-0.25, -0.2) is 13.4 Å². The van der Waals surface area contributed by atoms with E-state index in [1.807, 2.05) is 0 Å². The van der Waals surface area contributed by atoms with Gasteiger partial charge in [-0.1, -0.05) is 12.1 Å². The van der Waals surface area contributed by atoms with Crippen molar-refractivity contribution in [3.63, 3.8) is 0 Å². The molecule has 0 spiro atoms. The van der Waals surface area contributed by atoms with Crippen LogP contribution in [-0.4, -0.2) is 54.1 Å². The van der Waals surface area contributed by atoms with Crippen LogP contribution >= 0.6 is 0 Å². The van der Waals surface area contributed by atoms with Crippen LogP contribution in [0, 0.1) is 0 Å². The maximum atomic E-state index is 12.8. The molecule has 0 amide bonds. The molecular weight excluding hydrogens is 387 g/mol. The molecule has 140 valence electrons. The fourth-order valence-corrected chi connectivity index (χ4v) is 3.12. The van der Waals surface area contributed by atoms with Crippen LogP contribution in [0.2, 0.25) is 0 Å². The van der Waals surface area contributed by atoms with Crippen LogP contribution in [-0.2, 0) is 28.9 Å². The molecule has 0 aliphatic carbocycles. The summed E-state index contributed by atoms with van der Waals surface area (Å²) in [6.45, 7) is -0.642. The smallest absolute Gasteiger partial charge is 0.464 e. The lowest BCUT2D eigenvalue weighted by molar-refractivity contribution is -0.0795. The summed E-state index contributed by atoms with van der Waals surface area (Å²) in [4.78, 5) is 3.33. The number of alkyl halides is 3. The highest BCUT2D eigenvalue weighted by atomic mass is 32.2. The van der Waals surface area contributed by atoms with E-state index in [2.05, 4.69) is 9.18 Å². The largest absolute Gasteiger partial charge is 0.468 e. The standard InChI is InChI=1S/C13H14F3NO6S2/c1-24(18,19)9-5-3-8(4-6-9)11-10(7-22-25(2,20)21)17-12(23-11)13(14,15)16/h3-6,10-11H,7H2,1-2H3. The van der Waals surface area contributed by atoms with E-state index in [9.17, 15) is 30.0 Å². The van der Waals surface area contributed by atoms with Gasteiger partial charge >= 0.3 is 6.18 Å². The van der Waals surface area contributed by atoms with Crippen molar-refractivity contribution in [3.8, 4) is 0 Å². The molecule has 1 heterocycles. The molecule has 0 saturated carbocycles. The molecule has 0 fully saturated rings. The van der Waals surface area contributed by atoms with Crippen molar-refractivity contribution in [3.05, 3.63) is 29.8 Å². The quantitative estimate of drug-likeness (QED) is 0.693. The Balaban J connectivity index is 2.30. The lowest BCUT2D eigenvalue weighted by atomic mass is 10.0. The lowest BCUT2D eigenvalue weighted by Gasteiger charge is -2.18. The summed E-state index contributed by atoms with van der Waals surface area (Å²) in [5.41, 5.74) is 0.206. The highest BCUT2D eigenvalue weighted by molar-refractivity contribution is 7.90. The first-order valence-corrected chi connectivity index (χ1v) is 10.4. The first kappa shape index (κ1) is 19.7. The predicted molar refractivity (Wildman–Crippen MR) is 81.5 cm³/mol. The third-order valence-electron chi connectivity index (χ3n) is 3.20. The van der Waals surface area contributed by atoms with Gasteiger partial charge in [0.25, 0.3) is 16.0 Å². The number of halogens is 3. The topological polar surface area (TPSA) is 99.1 Å². The van der Waals surface area contributed by atoms with E-state index in [4.69, 9.17) is 4.74 Å². The van der Waals surface area contributed by atoms with Crippen LogP contribution in [0.4, 0.5) is 13.2 Å². The van der Waals surface area contributed by atoms with E-state index in [1.54, 1.807) is 0 Å².